The molecule has 0 atom stereocenters. The summed E-state index contributed by atoms with van der Waals surface area (Å²) < 4.78 is 5.28. The molecule has 0 aliphatic rings. The van der Waals surface area contributed by atoms with Crippen LogP contribution in [0.25, 0.3) is 73.7 Å². The van der Waals surface area contributed by atoms with Crippen molar-refractivity contribution in [2.45, 2.75) is 0 Å². The lowest BCUT2D eigenvalue weighted by Gasteiger charge is -2.27. The number of rotatable bonds is 6. The zero-order valence-electron chi connectivity index (χ0n) is 27.7. The van der Waals surface area contributed by atoms with E-state index in [9.17, 15) is 0 Å². The van der Waals surface area contributed by atoms with Crippen molar-refractivity contribution in [3.63, 3.8) is 0 Å². The lowest BCUT2D eigenvalue weighted by molar-refractivity contribution is 1.30. The molecule has 10 aromatic rings. The average Bonchev–Trinajstić information content (AvgIpc) is 3.79. The summed E-state index contributed by atoms with van der Waals surface area (Å²) in [5, 5.41) is 5.23. The van der Waals surface area contributed by atoms with Crippen molar-refractivity contribution in [1.29, 1.82) is 0 Å². The molecule has 0 N–H and O–H groups in total. The second-order valence-electron chi connectivity index (χ2n) is 12.9. The van der Waals surface area contributed by atoms with E-state index in [2.05, 4.69) is 193 Å². The Labute approximate surface area is 304 Å². The van der Waals surface area contributed by atoms with Crippen LogP contribution in [0.4, 0.5) is 17.1 Å². The fraction of sp³-hybridized carbons (Fsp3) is 0. The Morgan fingerprint density at radius 2 is 0.902 bits per heavy atom. The largest absolute Gasteiger partial charge is 0.310 e. The van der Waals surface area contributed by atoms with Gasteiger partial charge in [0.2, 0.25) is 0 Å². The Hall–Kier alpha value is -6.00. The zero-order valence-corrected chi connectivity index (χ0v) is 29.3. The van der Waals surface area contributed by atoms with Crippen LogP contribution in [-0.2, 0) is 0 Å². The summed E-state index contributed by atoms with van der Waals surface area (Å²) in [7, 11) is 0. The molecule has 2 aromatic heterocycles. The summed E-state index contributed by atoms with van der Waals surface area (Å²) >= 11 is 3.76. The summed E-state index contributed by atoms with van der Waals surface area (Å²) in [4.78, 5) is 2.42. The van der Waals surface area contributed by atoms with E-state index < -0.39 is 0 Å². The number of hydrogen-bond acceptors (Lipinski definition) is 3. The van der Waals surface area contributed by atoms with E-state index in [0.29, 0.717) is 0 Å². The molecule has 10 rings (SSSR count). The maximum Gasteiger partial charge on any atom is 0.0555 e. The van der Waals surface area contributed by atoms with Gasteiger partial charge >= 0.3 is 0 Å². The fourth-order valence-electron chi connectivity index (χ4n) is 7.49. The van der Waals surface area contributed by atoms with Crippen LogP contribution in [0.5, 0.6) is 0 Å². The molecule has 3 heteroatoms. The van der Waals surface area contributed by atoms with Gasteiger partial charge in [-0.2, -0.15) is 0 Å². The van der Waals surface area contributed by atoms with E-state index >= 15 is 0 Å². The Morgan fingerprint density at radius 1 is 0.333 bits per heavy atom. The van der Waals surface area contributed by atoms with Crippen LogP contribution in [0.1, 0.15) is 0 Å². The van der Waals surface area contributed by atoms with Gasteiger partial charge in [-0.15, -0.1) is 22.7 Å². The van der Waals surface area contributed by atoms with Gasteiger partial charge in [-0.1, -0.05) is 140 Å². The SMILES string of the molecule is c1ccc(-c2ccc(N(c3ccccc3)c3ccc(-c4cccc(-c5cccc6c5sc5ccccc56)c4)cc3)c3c2sc2ccccc23)cc1. The van der Waals surface area contributed by atoms with E-state index in [1.165, 1.54) is 79.4 Å². The van der Waals surface area contributed by atoms with Crippen molar-refractivity contribution in [2.24, 2.45) is 0 Å². The number of hydrogen-bond donors (Lipinski definition) is 0. The molecule has 0 aliphatic heterocycles. The van der Waals surface area contributed by atoms with E-state index in [4.69, 9.17) is 0 Å². The average molecular weight is 686 g/mol. The number of fused-ring (bicyclic) bond motifs is 6. The molecule has 0 amide bonds. The Morgan fingerprint density at radius 3 is 1.71 bits per heavy atom. The number of benzene rings is 8. The fourth-order valence-corrected chi connectivity index (χ4v) is 9.99. The summed E-state index contributed by atoms with van der Waals surface area (Å²) in [5.74, 6) is 0. The van der Waals surface area contributed by atoms with Gasteiger partial charge in [0.25, 0.3) is 0 Å². The maximum atomic E-state index is 2.42. The minimum atomic E-state index is 1.13. The van der Waals surface area contributed by atoms with Crippen LogP contribution in [-0.4, -0.2) is 0 Å². The van der Waals surface area contributed by atoms with Gasteiger partial charge in [0, 0.05) is 51.7 Å². The molecule has 2 heterocycles. The van der Waals surface area contributed by atoms with E-state index in [-0.39, 0.29) is 0 Å². The van der Waals surface area contributed by atoms with Gasteiger partial charge < -0.3 is 4.90 Å². The van der Waals surface area contributed by atoms with Gasteiger partial charge in [-0.25, -0.2) is 0 Å². The second-order valence-corrected chi connectivity index (χ2v) is 15.0. The lowest BCUT2D eigenvalue weighted by atomic mass is 9.97. The lowest BCUT2D eigenvalue weighted by Crippen LogP contribution is -2.10. The van der Waals surface area contributed by atoms with Crippen LogP contribution >= 0.6 is 22.7 Å². The molecule has 0 bridgehead atoms. The van der Waals surface area contributed by atoms with E-state index in [1.807, 2.05) is 22.7 Å². The van der Waals surface area contributed by atoms with E-state index in [0.717, 1.165) is 11.4 Å². The smallest absolute Gasteiger partial charge is 0.0555 e. The summed E-state index contributed by atoms with van der Waals surface area (Å²) in [5.41, 5.74) is 10.9. The molecule has 240 valence electrons. The first-order valence-electron chi connectivity index (χ1n) is 17.3. The van der Waals surface area contributed by atoms with Crippen molar-refractivity contribution in [2.75, 3.05) is 4.90 Å². The predicted molar refractivity (Wildman–Crippen MR) is 223 cm³/mol. The monoisotopic (exact) mass is 685 g/mol. The number of anilines is 3. The molecule has 0 saturated heterocycles. The highest BCUT2D eigenvalue weighted by Gasteiger charge is 2.21. The molecule has 0 spiro atoms. The normalized spacial score (nSPS) is 11.5. The first-order chi connectivity index (χ1) is 25.3. The van der Waals surface area contributed by atoms with Crippen LogP contribution < -0.4 is 4.90 Å². The molecular weight excluding hydrogens is 655 g/mol. The van der Waals surface area contributed by atoms with Gasteiger partial charge in [0.05, 0.1) is 5.69 Å². The van der Waals surface area contributed by atoms with Gasteiger partial charge in [0.1, 0.15) is 0 Å². The summed E-state index contributed by atoms with van der Waals surface area (Å²) in [6, 6.07) is 68.4. The van der Waals surface area contributed by atoms with Crippen LogP contribution in [0, 0.1) is 0 Å². The first kappa shape index (κ1) is 29.9. The third-order valence-electron chi connectivity index (χ3n) is 9.88. The molecule has 1 nitrogen and oxygen atoms in total. The van der Waals surface area contributed by atoms with Gasteiger partial charge in [-0.05, 0) is 81.9 Å². The molecule has 0 unspecified atom stereocenters. The van der Waals surface area contributed by atoms with Crippen molar-refractivity contribution in [1.82, 2.24) is 0 Å². The van der Waals surface area contributed by atoms with Crippen molar-refractivity contribution >= 4 is 80.1 Å². The zero-order chi connectivity index (χ0) is 33.7. The Kier molecular flexibility index (Phi) is 7.26. The Balaban J connectivity index is 1.09. The predicted octanol–water partition coefficient (Wildman–Crippen LogP) is 14.9. The molecule has 8 aromatic carbocycles. The highest BCUT2D eigenvalue weighted by Crippen LogP contribution is 2.48. The Bertz CT molecular complexity index is 2850. The van der Waals surface area contributed by atoms with Crippen molar-refractivity contribution in [3.8, 4) is 33.4 Å². The summed E-state index contributed by atoms with van der Waals surface area (Å²) in [6.07, 6.45) is 0. The highest BCUT2D eigenvalue weighted by atomic mass is 32.1. The number of para-hydroxylation sites is 1. The number of nitrogens with zero attached hydrogens (tertiary/aromatic N) is 1. The number of thiophene rings is 2. The van der Waals surface area contributed by atoms with Gasteiger partial charge in [-0.3, -0.25) is 0 Å². The second kappa shape index (κ2) is 12.4. The van der Waals surface area contributed by atoms with Crippen molar-refractivity contribution < 1.29 is 0 Å². The highest BCUT2D eigenvalue weighted by molar-refractivity contribution is 7.26. The molecule has 0 aliphatic carbocycles. The molecule has 0 fully saturated rings. The molecular formula is C48H31NS2. The molecule has 0 saturated carbocycles. The minimum Gasteiger partial charge on any atom is -0.310 e. The quantitative estimate of drug-likeness (QED) is 0.168. The minimum absolute atomic E-state index is 1.13. The third-order valence-corrected chi connectivity index (χ3v) is 12.3. The first-order valence-corrected chi connectivity index (χ1v) is 18.9. The third kappa shape index (κ3) is 5.13. The van der Waals surface area contributed by atoms with Crippen molar-refractivity contribution in [3.05, 3.63) is 188 Å². The topological polar surface area (TPSA) is 3.24 Å². The standard InChI is InChI=1S/C48H31NS2/c1-3-13-33(14-4-1)39-29-30-43(46-42-20-8-10-24-45(42)51-48(39)46)49(36-17-5-2-6-18-36)37-27-25-32(26-28-37)34-15-11-16-35(31-34)38-21-12-22-41-40-19-7-9-23-44(40)50-47(38)41/h1-31H. The van der Waals surface area contributed by atoms with Crippen LogP contribution in [0.2, 0.25) is 0 Å². The van der Waals surface area contributed by atoms with Gasteiger partial charge in [0.15, 0.2) is 0 Å². The van der Waals surface area contributed by atoms with Crippen LogP contribution in [0.3, 0.4) is 0 Å². The molecule has 51 heavy (non-hydrogen) atoms. The summed E-state index contributed by atoms with van der Waals surface area (Å²) in [6.45, 7) is 0. The maximum absolute atomic E-state index is 2.42. The van der Waals surface area contributed by atoms with E-state index in [1.54, 1.807) is 0 Å². The molecule has 0 radical (unpaired) electrons. The van der Waals surface area contributed by atoms with Crippen LogP contribution in [0.15, 0.2) is 188 Å².